The molecule has 1 aromatic carbocycles. The summed E-state index contributed by atoms with van der Waals surface area (Å²) in [7, 11) is -2.81. The minimum absolute atomic E-state index is 0.145. The van der Waals surface area contributed by atoms with Crippen molar-refractivity contribution < 1.29 is 9.00 Å². The highest BCUT2D eigenvalue weighted by atomic mass is 32.2. The molecule has 0 radical (unpaired) electrons. The van der Waals surface area contributed by atoms with Crippen LogP contribution in [0.1, 0.15) is 42.3 Å². The van der Waals surface area contributed by atoms with Crippen LogP contribution in [-0.2, 0) is 9.73 Å². The van der Waals surface area contributed by atoms with Crippen molar-refractivity contribution in [2.24, 2.45) is 9.78 Å². The average Bonchev–Trinajstić information content (AvgIpc) is 2.52. The summed E-state index contributed by atoms with van der Waals surface area (Å²) in [5.74, 6) is 5.54. The molecular formula is C20H22N2O2S. The predicted molar refractivity (Wildman–Crippen MR) is 101 cm³/mol. The number of nitrogens with zero attached hydrogens (tertiary/aromatic N) is 2. The van der Waals surface area contributed by atoms with Gasteiger partial charge in [-0.1, -0.05) is 29.5 Å². The lowest BCUT2D eigenvalue weighted by molar-refractivity contribution is 0.100. The quantitative estimate of drug-likeness (QED) is 0.763. The first kappa shape index (κ1) is 18.9. The standard InChI is InChI=1S/C20H22N2O2S/c1-15-6-8-18(9-7-15)25(5,24)22-19(23)17-12-16(13-21-14-17)10-11-20(2,3)4/h6-9,12-14H,1-5H3. The fourth-order valence-electron chi connectivity index (χ4n) is 1.94. The molecule has 0 fully saturated rings. The number of amides is 1. The van der Waals surface area contributed by atoms with Crippen LogP contribution in [0.25, 0.3) is 0 Å². The van der Waals surface area contributed by atoms with E-state index in [1.807, 2.05) is 39.8 Å². The van der Waals surface area contributed by atoms with Crippen LogP contribution in [0.15, 0.2) is 52.0 Å². The summed E-state index contributed by atoms with van der Waals surface area (Å²) in [5, 5.41) is 0. The molecule has 2 aromatic rings. The van der Waals surface area contributed by atoms with Gasteiger partial charge in [-0.2, -0.15) is 4.36 Å². The minimum Gasteiger partial charge on any atom is -0.266 e. The zero-order valence-corrected chi connectivity index (χ0v) is 16.0. The Morgan fingerprint density at radius 3 is 2.40 bits per heavy atom. The van der Waals surface area contributed by atoms with Crippen LogP contribution in [0.2, 0.25) is 0 Å². The molecule has 0 aliphatic rings. The Balaban J connectivity index is 2.35. The summed E-state index contributed by atoms with van der Waals surface area (Å²) in [6.07, 6.45) is 4.48. The van der Waals surface area contributed by atoms with Crippen LogP contribution in [0.5, 0.6) is 0 Å². The van der Waals surface area contributed by atoms with E-state index in [2.05, 4.69) is 21.2 Å². The largest absolute Gasteiger partial charge is 0.286 e. The highest BCUT2D eigenvalue weighted by Crippen LogP contribution is 2.15. The number of hydrogen-bond donors (Lipinski definition) is 0. The van der Waals surface area contributed by atoms with Gasteiger partial charge in [0, 0.05) is 34.5 Å². The van der Waals surface area contributed by atoms with Crippen LogP contribution < -0.4 is 0 Å². The number of rotatable bonds is 2. The highest BCUT2D eigenvalue weighted by Gasteiger charge is 2.12. The normalized spacial score (nSPS) is 13.3. The van der Waals surface area contributed by atoms with Crippen molar-refractivity contribution in [3.8, 4) is 11.8 Å². The zero-order valence-electron chi connectivity index (χ0n) is 15.2. The summed E-state index contributed by atoms with van der Waals surface area (Å²) in [5.41, 5.74) is 1.82. The van der Waals surface area contributed by atoms with Gasteiger partial charge in [-0.3, -0.25) is 9.78 Å². The Kier molecular flexibility index (Phi) is 5.44. The molecule has 1 amide bonds. The highest BCUT2D eigenvalue weighted by molar-refractivity contribution is 7.93. The summed E-state index contributed by atoms with van der Waals surface area (Å²) in [6.45, 7) is 7.96. The number of hydrogen-bond acceptors (Lipinski definition) is 3. The van der Waals surface area contributed by atoms with Gasteiger partial charge in [0.25, 0.3) is 5.91 Å². The Hall–Kier alpha value is -2.45. The third kappa shape index (κ3) is 5.54. The molecule has 130 valence electrons. The van der Waals surface area contributed by atoms with Crippen LogP contribution in [-0.4, -0.2) is 21.4 Å². The molecule has 0 spiro atoms. The Morgan fingerprint density at radius 1 is 1.16 bits per heavy atom. The number of benzene rings is 1. The summed E-state index contributed by atoms with van der Waals surface area (Å²) in [6, 6.07) is 8.80. The molecule has 1 unspecified atom stereocenters. The average molecular weight is 354 g/mol. The molecule has 0 bridgehead atoms. The second-order valence-corrected chi connectivity index (χ2v) is 9.23. The van der Waals surface area contributed by atoms with E-state index in [1.54, 1.807) is 24.4 Å². The first-order valence-corrected chi connectivity index (χ1v) is 9.81. The van der Waals surface area contributed by atoms with E-state index in [0.717, 1.165) is 5.56 Å². The Labute approximate surface area is 149 Å². The van der Waals surface area contributed by atoms with Crippen LogP contribution in [0, 0.1) is 24.2 Å². The third-order valence-electron chi connectivity index (χ3n) is 3.28. The monoisotopic (exact) mass is 354 g/mol. The molecule has 4 nitrogen and oxygen atoms in total. The van der Waals surface area contributed by atoms with E-state index in [9.17, 15) is 9.00 Å². The first-order chi connectivity index (χ1) is 11.6. The molecule has 0 saturated carbocycles. The summed E-state index contributed by atoms with van der Waals surface area (Å²) < 4.78 is 16.7. The smallest absolute Gasteiger partial charge is 0.266 e. The van der Waals surface area contributed by atoms with Gasteiger partial charge in [0.1, 0.15) is 0 Å². The van der Waals surface area contributed by atoms with Gasteiger partial charge in [0.05, 0.1) is 15.3 Å². The molecule has 1 atom stereocenters. The summed E-state index contributed by atoms with van der Waals surface area (Å²) >= 11 is 0. The first-order valence-electron chi connectivity index (χ1n) is 7.88. The maximum absolute atomic E-state index is 12.8. The lowest BCUT2D eigenvalue weighted by Gasteiger charge is -2.07. The van der Waals surface area contributed by atoms with E-state index in [1.165, 1.54) is 12.5 Å². The Bertz CT molecular complexity index is 965. The van der Waals surface area contributed by atoms with Gasteiger partial charge in [-0.25, -0.2) is 4.21 Å². The summed E-state index contributed by atoms with van der Waals surface area (Å²) in [4.78, 5) is 17.0. The number of aromatic nitrogens is 1. The number of pyridine rings is 1. The lowest BCUT2D eigenvalue weighted by atomic mass is 9.97. The maximum Gasteiger partial charge on any atom is 0.286 e. The van der Waals surface area contributed by atoms with Crippen LogP contribution in [0.4, 0.5) is 0 Å². The molecule has 25 heavy (non-hydrogen) atoms. The number of carbonyl (C=O) groups is 1. The van der Waals surface area contributed by atoms with Crippen LogP contribution >= 0.6 is 0 Å². The molecule has 0 aliphatic carbocycles. The predicted octanol–water partition coefficient (Wildman–Crippen LogP) is 4.08. The topological polar surface area (TPSA) is 59.4 Å². The van der Waals surface area contributed by atoms with E-state index >= 15 is 0 Å². The Morgan fingerprint density at radius 2 is 1.80 bits per heavy atom. The van der Waals surface area contributed by atoms with E-state index < -0.39 is 15.6 Å². The van der Waals surface area contributed by atoms with Gasteiger partial charge < -0.3 is 0 Å². The molecular weight excluding hydrogens is 332 g/mol. The minimum atomic E-state index is -2.81. The van der Waals surface area contributed by atoms with Crippen LogP contribution in [0.3, 0.4) is 0 Å². The van der Waals surface area contributed by atoms with Crippen molar-refractivity contribution in [3.63, 3.8) is 0 Å². The lowest BCUT2D eigenvalue weighted by Crippen LogP contribution is -2.05. The molecule has 2 rings (SSSR count). The molecule has 0 aliphatic heterocycles. The van der Waals surface area contributed by atoms with Gasteiger partial charge in [0.15, 0.2) is 0 Å². The molecule has 0 saturated heterocycles. The van der Waals surface area contributed by atoms with E-state index in [0.29, 0.717) is 10.5 Å². The fourth-order valence-corrected chi connectivity index (χ4v) is 3.11. The van der Waals surface area contributed by atoms with E-state index in [-0.39, 0.29) is 11.0 Å². The van der Waals surface area contributed by atoms with Gasteiger partial charge >= 0.3 is 0 Å². The van der Waals surface area contributed by atoms with Crippen molar-refractivity contribution in [3.05, 3.63) is 59.4 Å². The van der Waals surface area contributed by atoms with E-state index in [4.69, 9.17) is 0 Å². The second kappa shape index (κ2) is 7.20. The number of carbonyl (C=O) groups excluding carboxylic acids is 1. The van der Waals surface area contributed by atoms with Gasteiger partial charge in [-0.05, 0) is 45.9 Å². The van der Waals surface area contributed by atoms with Crippen molar-refractivity contribution in [2.45, 2.75) is 32.6 Å². The molecule has 5 heteroatoms. The van der Waals surface area contributed by atoms with Crippen molar-refractivity contribution in [1.82, 2.24) is 4.98 Å². The third-order valence-corrected chi connectivity index (χ3v) is 4.94. The van der Waals surface area contributed by atoms with Crippen molar-refractivity contribution >= 4 is 15.6 Å². The molecule has 0 N–H and O–H groups in total. The van der Waals surface area contributed by atoms with Crippen molar-refractivity contribution in [1.29, 1.82) is 0 Å². The molecule has 1 aromatic heterocycles. The van der Waals surface area contributed by atoms with Gasteiger partial charge in [0.2, 0.25) is 0 Å². The SMILES string of the molecule is Cc1ccc(S(C)(=O)=NC(=O)c2cncc(C#CC(C)(C)C)c2)cc1. The zero-order chi connectivity index (χ0) is 18.7. The maximum atomic E-state index is 12.8. The fraction of sp³-hybridized carbons (Fsp3) is 0.300. The van der Waals surface area contributed by atoms with Gasteiger partial charge in [-0.15, -0.1) is 0 Å². The van der Waals surface area contributed by atoms with Crippen molar-refractivity contribution in [2.75, 3.05) is 6.26 Å². The number of aryl methyl sites for hydroxylation is 1. The second-order valence-electron chi connectivity index (χ2n) is 6.97. The molecule has 1 heterocycles.